The summed E-state index contributed by atoms with van der Waals surface area (Å²) in [4.78, 5) is 22.0. The van der Waals surface area contributed by atoms with Crippen LogP contribution in [0.1, 0.15) is 30.1 Å². The molecular formula is C14H15FO6. The van der Waals surface area contributed by atoms with Crippen molar-refractivity contribution in [3.63, 3.8) is 0 Å². The van der Waals surface area contributed by atoms with Crippen molar-refractivity contribution in [3.8, 4) is 11.5 Å². The summed E-state index contributed by atoms with van der Waals surface area (Å²) >= 11 is 0. The first kappa shape index (κ1) is 15.1. The number of ether oxygens (including phenoxy) is 2. The van der Waals surface area contributed by atoms with Crippen molar-refractivity contribution in [2.45, 2.75) is 25.9 Å². The van der Waals surface area contributed by atoms with Gasteiger partial charge in [0.05, 0.1) is 12.5 Å². The topological polar surface area (TPSA) is 93.1 Å². The van der Waals surface area contributed by atoms with E-state index in [1.165, 1.54) is 7.11 Å². The third-order valence-corrected chi connectivity index (χ3v) is 3.65. The van der Waals surface area contributed by atoms with Gasteiger partial charge in [0.25, 0.3) is 0 Å². The monoisotopic (exact) mass is 298 g/mol. The van der Waals surface area contributed by atoms with Crippen LogP contribution in [-0.2, 0) is 4.79 Å². The molecule has 1 saturated carbocycles. The van der Waals surface area contributed by atoms with E-state index in [-0.39, 0.29) is 29.9 Å². The number of carboxylic acids is 2. The Kier molecular flexibility index (Phi) is 3.76. The van der Waals surface area contributed by atoms with Crippen LogP contribution in [0.3, 0.4) is 0 Å². The number of hydrogen-bond acceptors (Lipinski definition) is 4. The number of rotatable bonds is 5. The first-order chi connectivity index (χ1) is 9.76. The van der Waals surface area contributed by atoms with Crippen LogP contribution in [0.15, 0.2) is 12.1 Å². The van der Waals surface area contributed by atoms with E-state index >= 15 is 0 Å². The molecule has 0 aromatic heterocycles. The summed E-state index contributed by atoms with van der Waals surface area (Å²) in [6, 6.07) is 1.99. The van der Waals surface area contributed by atoms with Gasteiger partial charge in [-0.1, -0.05) is 0 Å². The number of carboxylic acid groups (broad SMARTS) is 2. The zero-order valence-corrected chi connectivity index (χ0v) is 11.6. The summed E-state index contributed by atoms with van der Waals surface area (Å²) in [5, 5.41) is 18.0. The molecule has 0 amide bonds. The van der Waals surface area contributed by atoms with Gasteiger partial charge in [-0.15, -0.1) is 0 Å². The molecule has 21 heavy (non-hydrogen) atoms. The maximum atomic E-state index is 13.8. The third-order valence-electron chi connectivity index (χ3n) is 3.65. The second-order valence-corrected chi connectivity index (χ2v) is 5.30. The molecule has 0 aliphatic heterocycles. The Morgan fingerprint density at radius 2 is 1.90 bits per heavy atom. The second-order valence-electron chi connectivity index (χ2n) is 5.30. The summed E-state index contributed by atoms with van der Waals surface area (Å²) in [5.74, 6) is -3.26. The smallest absolute Gasteiger partial charge is 0.339 e. The Balaban J connectivity index is 2.17. The first-order valence-electron chi connectivity index (χ1n) is 6.27. The summed E-state index contributed by atoms with van der Waals surface area (Å²) in [6.07, 6.45) is 0.0440. The Bertz CT molecular complexity index is 591. The van der Waals surface area contributed by atoms with Gasteiger partial charge in [-0.25, -0.2) is 9.18 Å². The fourth-order valence-corrected chi connectivity index (χ4v) is 2.34. The van der Waals surface area contributed by atoms with Crippen LogP contribution in [0.4, 0.5) is 4.39 Å². The summed E-state index contributed by atoms with van der Waals surface area (Å²) in [6.45, 7) is 1.59. The zero-order valence-electron chi connectivity index (χ0n) is 11.6. The molecule has 114 valence electrons. The standard InChI is InChI=1S/C14H15FO6/c1-14(13(18)19)5-7(6-14)21-11-3-8(12(16)17)10(20-2)4-9(11)15/h3-4,7H,5-6H2,1-2H3,(H,16,17)(H,18,19)/t7-,14+. The molecule has 0 bridgehead atoms. The third kappa shape index (κ3) is 2.76. The first-order valence-corrected chi connectivity index (χ1v) is 6.27. The molecule has 2 N–H and O–H groups in total. The molecule has 1 aromatic rings. The highest BCUT2D eigenvalue weighted by molar-refractivity contribution is 5.91. The molecule has 1 aliphatic rings. The van der Waals surface area contributed by atoms with Gasteiger partial charge in [0.15, 0.2) is 11.6 Å². The minimum absolute atomic E-state index is 0.101. The predicted molar refractivity (Wildman–Crippen MR) is 69.3 cm³/mol. The minimum atomic E-state index is -1.26. The van der Waals surface area contributed by atoms with E-state index in [0.29, 0.717) is 0 Å². The maximum absolute atomic E-state index is 13.8. The van der Waals surface area contributed by atoms with Gasteiger partial charge in [-0.2, -0.15) is 0 Å². The number of aliphatic carboxylic acids is 1. The quantitative estimate of drug-likeness (QED) is 0.865. The molecule has 0 saturated heterocycles. The summed E-state index contributed by atoms with van der Waals surface area (Å²) < 4.78 is 24.0. The lowest BCUT2D eigenvalue weighted by atomic mass is 9.68. The average molecular weight is 298 g/mol. The molecule has 0 heterocycles. The Hall–Kier alpha value is -2.31. The van der Waals surface area contributed by atoms with Crippen LogP contribution in [-0.4, -0.2) is 35.4 Å². The van der Waals surface area contributed by atoms with E-state index in [2.05, 4.69) is 0 Å². The van der Waals surface area contributed by atoms with Gasteiger partial charge < -0.3 is 19.7 Å². The molecule has 0 spiro atoms. The predicted octanol–water partition coefficient (Wildman–Crippen LogP) is 2.16. The SMILES string of the molecule is COc1cc(F)c(O[C@H]2C[C@@](C)(C(=O)O)C2)cc1C(=O)O. The fourth-order valence-electron chi connectivity index (χ4n) is 2.34. The van der Waals surface area contributed by atoms with Crippen molar-refractivity contribution in [3.05, 3.63) is 23.5 Å². The van der Waals surface area contributed by atoms with Gasteiger partial charge in [0.1, 0.15) is 17.4 Å². The van der Waals surface area contributed by atoms with Crippen molar-refractivity contribution in [2.24, 2.45) is 5.41 Å². The van der Waals surface area contributed by atoms with Crippen molar-refractivity contribution < 1.29 is 33.7 Å². The van der Waals surface area contributed by atoms with Gasteiger partial charge in [0, 0.05) is 25.0 Å². The lowest BCUT2D eigenvalue weighted by Gasteiger charge is -2.41. The van der Waals surface area contributed by atoms with Crippen LogP contribution in [0.25, 0.3) is 0 Å². The number of carbonyl (C=O) groups is 2. The Morgan fingerprint density at radius 1 is 1.29 bits per heavy atom. The lowest BCUT2D eigenvalue weighted by Crippen LogP contribution is -2.47. The zero-order chi connectivity index (χ0) is 15.8. The molecule has 1 aromatic carbocycles. The highest BCUT2D eigenvalue weighted by Gasteiger charge is 2.48. The van der Waals surface area contributed by atoms with E-state index in [1.54, 1.807) is 6.92 Å². The highest BCUT2D eigenvalue weighted by Crippen LogP contribution is 2.43. The van der Waals surface area contributed by atoms with E-state index in [4.69, 9.17) is 19.7 Å². The number of methoxy groups -OCH3 is 1. The van der Waals surface area contributed by atoms with E-state index < -0.39 is 29.3 Å². The van der Waals surface area contributed by atoms with Crippen molar-refractivity contribution in [1.82, 2.24) is 0 Å². The van der Waals surface area contributed by atoms with Gasteiger partial charge in [-0.05, 0) is 6.92 Å². The molecule has 1 fully saturated rings. The van der Waals surface area contributed by atoms with Crippen molar-refractivity contribution in [2.75, 3.05) is 7.11 Å². The van der Waals surface area contributed by atoms with Crippen molar-refractivity contribution in [1.29, 1.82) is 0 Å². The van der Waals surface area contributed by atoms with Crippen LogP contribution in [0, 0.1) is 11.2 Å². The average Bonchev–Trinajstić information content (AvgIpc) is 2.37. The van der Waals surface area contributed by atoms with Crippen LogP contribution in [0.5, 0.6) is 11.5 Å². The van der Waals surface area contributed by atoms with Crippen LogP contribution in [0.2, 0.25) is 0 Å². The van der Waals surface area contributed by atoms with Gasteiger partial charge >= 0.3 is 11.9 Å². The largest absolute Gasteiger partial charge is 0.496 e. The molecule has 2 rings (SSSR count). The lowest BCUT2D eigenvalue weighted by molar-refractivity contribution is -0.159. The summed E-state index contributed by atoms with van der Waals surface area (Å²) in [7, 11) is 1.24. The maximum Gasteiger partial charge on any atom is 0.339 e. The van der Waals surface area contributed by atoms with Crippen molar-refractivity contribution >= 4 is 11.9 Å². The number of hydrogen-bond donors (Lipinski definition) is 2. The van der Waals surface area contributed by atoms with E-state index in [1.807, 2.05) is 0 Å². The number of benzene rings is 1. The molecule has 0 atom stereocenters. The minimum Gasteiger partial charge on any atom is -0.496 e. The number of halogens is 1. The van der Waals surface area contributed by atoms with Gasteiger partial charge in [-0.3, -0.25) is 4.79 Å². The Labute approximate surface area is 120 Å². The molecule has 0 radical (unpaired) electrons. The second kappa shape index (κ2) is 5.23. The van der Waals surface area contributed by atoms with E-state index in [0.717, 1.165) is 12.1 Å². The Morgan fingerprint density at radius 3 is 2.38 bits per heavy atom. The fraction of sp³-hybridized carbons (Fsp3) is 0.429. The van der Waals surface area contributed by atoms with Crippen LogP contribution >= 0.6 is 0 Å². The molecule has 0 unspecified atom stereocenters. The normalized spacial score (nSPS) is 24.0. The molecule has 1 aliphatic carbocycles. The molecule has 6 nitrogen and oxygen atoms in total. The highest BCUT2D eigenvalue weighted by atomic mass is 19.1. The summed E-state index contributed by atoms with van der Waals surface area (Å²) in [5.41, 5.74) is -1.09. The number of aromatic carboxylic acids is 1. The van der Waals surface area contributed by atoms with Gasteiger partial charge in [0.2, 0.25) is 0 Å². The van der Waals surface area contributed by atoms with E-state index in [9.17, 15) is 14.0 Å². The molecular weight excluding hydrogens is 283 g/mol. The molecule has 7 heteroatoms. The van der Waals surface area contributed by atoms with Crippen LogP contribution < -0.4 is 9.47 Å².